The summed E-state index contributed by atoms with van der Waals surface area (Å²) in [5.41, 5.74) is 28.3. The summed E-state index contributed by atoms with van der Waals surface area (Å²) in [7, 11) is 0. The average molecular weight is 1730 g/mol. The first kappa shape index (κ1) is 77.7. The van der Waals surface area contributed by atoms with Crippen LogP contribution in [-0.2, 0) is 0 Å². The summed E-state index contributed by atoms with van der Waals surface area (Å²) >= 11 is 0. The average Bonchev–Trinajstić information content (AvgIpc) is 1.55. The number of hydrogen-bond acceptors (Lipinski definition) is 7. The highest BCUT2D eigenvalue weighted by Gasteiger charge is 2.27. The smallest absolute Gasteiger partial charge is 0.164 e. The first-order valence-electron chi connectivity index (χ1n) is 45.5. The third-order valence-electron chi connectivity index (χ3n) is 26.2. The summed E-state index contributed by atoms with van der Waals surface area (Å²) in [5.74, 6) is 3.89. The van der Waals surface area contributed by atoms with Crippen LogP contribution < -0.4 is 0 Å². The van der Waals surface area contributed by atoms with Gasteiger partial charge in [0.25, 0.3) is 0 Å². The number of aromatic nitrogens is 12. The van der Waals surface area contributed by atoms with Crippen molar-refractivity contribution in [1.82, 2.24) is 57.3 Å². The maximum atomic E-state index is 6.48. The fraction of sp³-hybridized carbons (Fsp3) is 0. The summed E-state index contributed by atoms with van der Waals surface area (Å²) < 4.78 is 20.8. The molecule has 28 aromatic rings. The molecule has 0 aliphatic carbocycles. The molecule has 0 saturated carbocycles. The Bertz CT molecular complexity index is 9330. The van der Waals surface area contributed by atoms with E-state index < -0.39 is 0 Å². The minimum Gasteiger partial charge on any atom is -0.454 e. The van der Waals surface area contributed by atoms with E-state index in [1.165, 1.54) is 104 Å². The summed E-state index contributed by atoms with van der Waals surface area (Å²) in [4.78, 5) is 29.5. The van der Waals surface area contributed by atoms with Gasteiger partial charge in [-0.25, -0.2) is 29.9 Å². The second-order valence-corrected chi connectivity index (χ2v) is 34.0. The number of rotatable bonds is 12. The van der Waals surface area contributed by atoms with Crippen molar-refractivity contribution in [3.63, 3.8) is 0 Å². The molecule has 0 unspecified atom stereocenters. The van der Waals surface area contributed by atoms with E-state index in [-0.39, 0.29) is 0 Å². The zero-order valence-corrected chi connectivity index (χ0v) is 72.8. The monoisotopic (exact) mass is 1730 g/mol. The summed E-state index contributed by atoms with van der Waals surface area (Å²) in [5, 5.41) is 14.6. The van der Waals surface area contributed by atoms with E-state index in [0.717, 1.165) is 106 Å². The molecule has 0 radical (unpaired) electrons. The Morgan fingerprint density at radius 2 is 0.422 bits per heavy atom. The third kappa shape index (κ3) is 13.1. The maximum Gasteiger partial charge on any atom is 0.164 e. The first-order valence-corrected chi connectivity index (χ1v) is 45.5. The molecule has 135 heavy (non-hydrogen) atoms. The van der Waals surface area contributed by atoms with Crippen molar-refractivity contribution in [3.05, 3.63) is 473 Å². The normalized spacial score (nSPS) is 11.7. The van der Waals surface area contributed by atoms with Gasteiger partial charge in [-0.05, 0) is 158 Å². The van der Waals surface area contributed by atoms with Gasteiger partial charge in [0.1, 0.15) is 5.58 Å². The molecule has 9 aromatic heterocycles. The molecule has 0 saturated heterocycles. The number of para-hydroxylation sites is 11. The standard InChI is InChI=1S/2C45H29N5.C32H20N2O/c1-4-14-30(15-5-1)43-46-44(31-16-6-2-7-17-31)48-45(47-43)32-24-26-34(27-25-32)50-40-23-13-11-21-36(40)38-28-37-35-20-10-12-22-39(35)49(41(37)29-42(38)50)33-18-8-3-9-19-33;1-4-14-30(15-5-1)43-46-44(31-16-6-2-7-17-31)48-45(47-43)32-24-26-34(27-25-32)50-38-23-13-11-21-36(38)42-40(50)29-28-39-41(42)35-20-10-12-22-37(35)49(39)33-18-8-3-9-19-33;1-2-11-21(12-3-1)33-26-17-7-4-14-24(26)31-30(33)25-15-5-8-18-27(25)34(31)28-19-10-16-23-22-13-6-9-20-29(22)35-32(23)28/h2*1-29H;1-20H. The summed E-state index contributed by atoms with van der Waals surface area (Å²) in [6.45, 7) is 0. The zero-order chi connectivity index (χ0) is 89.0. The Hall–Kier alpha value is -18.5. The van der Waals surface area contributed by atoms with Gasteiger partial charge >= 0.3 is 0 Å². The summed E-state index contributed by atoms with van der Waals surface area (Å²) in [6.07, 6.45) is 0. The Labute approximate surface area is 774 Å². The van der Waals surface area contributed by atoms with Crippen LogP contribution in [0.3, 0.4) is 0 Å². The van der Waals surface area contributed by atoms with Gasteiger partial charge in [-0.15, -0.1) is 0 Å². The lowest BCUT2D eigenvalue weighted by atomic mass is 10.1. The van der Waals surface area contributed by atoms with Gasteiger partial charge < -0.3 is 31.8 Å². The molecule has 13 heteroatoms. The number of fused-ring (bicyclic) bond motifs is 21. The van der Waals surface area contributed by atoms with E-state index in [4.69, 9.17) is 34.3 Å². The van der Waals surface area contributed by atoms with Crippen molar-refractivity contribution in [3.8, 4) is 102 Å². The molecule has 0 spiro atoms. The van der Waals surface area contributed by atoms with Gasteiger partial charge in [0.05, 0.1) is 71.9 Å². The van der Waals surface area contributed by atoms with Crippen molar-refractivity contribution < 1.29 is 4.42 Å². The minimum absolute atomic E-state index is 0.639. The van der Waals surface area contributed by atoms with Crippen LogP contribution in [0.1, 0.15) is 0 Å². The largest absolute Gasteiger partial charge is 0.454 e. The quantitative estimate of drug-likeness (QED) is 0.119. The molecule has 0 aliphatic rings. The van der Waals surface area contributed by atoms with Crippen LogP contribution in [0.5, 0.6) is 0 Å². The highest BCUT2D eigenvalue weighted by molar-refractivity contribution is 6.29. The second kappa shape index (κ2) is 32.3. The predicted molar refractivity (Wildman–Crippen MR) is 555 cm³/mol. The summed E-state index contributed by atoms with van der Waals surface area (Å²) in [6, 6.07) is 166. The molecule has 13 nitrogen and oxygen atoms in total. The van der Waals surface area contributed by atoms with Crippen LogP contribution in [0.25, 0.3) is 244 Å². The van der Waals surface area contributed by atoms with E-state index in [2.05, 4.69) is 367 Å². The SMILES string of the molecule is c1ccc(-c2nc(-c3ccccc3)nc(-c3ccc(-n4c5ccccc5c5c6c7ccccc7n(-c7ccccc7)c6ccc54)cc3)n2)cc1.c1ccc(-c2nc(-c3ccccc3)nc(-c3ccc(-n4c5ccccc5c5cc6c7ccccc7n(-c7ccccc7)c6cc54)cc3)n2)cc1.c1ccc(-n2c3ccccc3c3c2c2ccccc2n3-c2cccc3c2oc2ccccc23)cc1. The molecular weight excluding hydrogens is 1650 g/mol. The van der Waals surface area contributed by atoms with Crippen molar-refractivity contribution in [2.45, 2.75) is 0 Å². The molecule has 632 valence electrons. The topological polar surface area (TPSA) is 120 Å². The first-order chi connectivity index (χ1) is 67.0. The lowest BCUT2D eigenvalue weighted by Gasteiger charge is -2.11. The fourth-order valence-electron chi connectivity index (χ4n) is 20.3. The van der Waals surface area contributed by atoms with Crippen LogP contribution >= 0.6 is 0 Å². The number of hydrogen-bond donors (Lipinski definition) is 0. The van der Waals surface area contributed by atoms with Crippen molar-refractivity contribution in [2.75, 3.05) is 0 Å². The molecule has 0 fully saturated rings. The Kier molecular flexibility index (Phi) is 18.6. The maximum absolute atomic E-state index is 6.48. The molecule has 0 N–H and O–H groups in total. The van der Waals surface area contributed by atoms with Gasteiger partial charge in [0.2, 0.25) is 0 Å². The van der Waals surface area contributed by atoms with Gasteiger partial charge in [-0.3, -0.25) is 0 Å². The van der Waals surface area contributed by atoms with Gasteiger partial charge in [0, 0.05) is 126 Å². The molecule has 9 heterocycles. The minimum atomic E-state index is 0.639. The van der Waals surface area contributed by atoms with Crippen molar-refractivity contribution >= 4 is 142 Å². The van der Waals surface area contributed by atoms with E-state index in [9.17, 15) is 0 Å². The van der Waals surface area contributed by atoms with E-state index >= 15 is 0 Å². The lowest BCUT2D eigenvalue weighted by Crippen LogP contribution is -2.00. The van der Waals surface area contributed by atoms with Crippen LogP contribution in [0.4, 0.5) is 0 Å². The molecule has 0 amide bonds. The fourth-order valence-corrected chi connectivity index (χ4v) is 20.3. The van der Waals surface area contributed by atoms with Crippen LogP contribution in [-0.4, -0.2) is 57.3 Å². The molecule has 0 bridgehead atoms. The zero-order valence-electron chi connectivity index (χ0n) is 72.8. The Balaban J connectivity index is 0.000000107. The lowest BCUT2D eigenvalue weighted by molar-refractivity contribution is 0.666. The van der Waals surface area contributed by atoms with E-state index in [0.29, 0.717) is 34.9 Å². The highest BCUT2D eigenvalue weighted by atomic mass is 16.3. The van der Waals surface area contributed by atoms with Crippen molar-refractivity contribution in [2.24, 2.45) is 0 Å². The highest BCUT2D eigenvalue weighted by Crippen LogP contribution is 2.47. The van der Waals surface area contributed by atoms with Gasteiger partial charge in [-0.2, -0.15) is 0 Å². The number of benzene rings is 19. The van der Waals surface area contributed by atoms with E-state index in [1.54, 1.807) is 0 Å². The molecule has 19 aromatic carbocycles. The van der Waals surface area contributed by atoms with E-state index in [1.807, 2.05) is 133 Å². The Morgan fingerprint density at radius 1 is 0.156 bits per heavy atom. The number of furan rings is 1. The molecule has 0 atom stereocenters. The van der Waals surface area contributed by atoms with Crippen LogP contribution in [0.2, 0.25) is 0 Å². The van der Waals surface area contributed by atoms with Crippen molar-refractivity contribution in [1.29, 1.82) is 0 Å². The van der Waals surface area contributed by atoms with Gasteiger partial charge in [0.15, 0.2) is 40.5 Å². The van der Waals surface area contributed by atoms with Crippen LogP contribution in [0, 0.1) is 0 Å². The third-order valence-corrected chi connectivity index (χ3v) is 26.2. The van der Waals surface area contributed by atoms with Crippen LogP contribution in [0.15, 0.2) is 478 Å². The number of nitrogens with zero attached hydrogens (tertiary/aromatic N) is 12. The predicted octanol–water partition coefficient (Wildman–Crippen LogP) is 30.8. The Morgan fingerprint density at radius 3 is 0.807 bits per heavy atom. The van der Waals surface area contributed by atoms with Gasteiger partial charge in [-0.1, -0.05) is 315 Å². The molecule has 28 rings (SSSR count). The molecule has 0 aliphatic heterocycles. The second-order valence-electron chi connectivity index (χ2n) is 34.0. The molecular formula is C122H78N12O.